The second-order valence-electron chi connectivity index (χ2n) is 6.94. The van der Waals surface area contributed by atoms with Crippen LogP contribution in [0, 0.1) is 0 Å². The molecule has 5 nitrogen and oxygen atoms in total. The van der Waals surface area contributed by atoms with Gasteiger partial charge in [0, 0.05) is 21.7 Å². The molecule has 1 aromatic heterocycles. The summed E-state index contributed by atoms with van der Waals surface area (Å²) < 4.78 is 13.0. The number of thiazole rings is 1. The molecule has 0 amide bonds. The molecule has 0 bridgehead atoms. The van der Waals surface area contributed by atoms with Gasteiger partial charge in [0.05, 0.1) is 25.6 Å². The molecule has 0 radical (unpaired) electrons. The van der Waals surface area contributed by atoms with Crippen LogP contribution in [0.3, 0.4) is 0 Å². The summed E-state index contributed by atoms with van der Waals surface area (Å²) in [6, 6.07) is 23.5. The molecule has 0 spiro atoms. The molecule has 0 N–H and O–H groups in total. The van der Waals surface area contributed by atoms with Gasteiger partial charge < -0.3 is 9.47 Å². The van der Waals surface area contributed by atoms with E-state index in [0.29, 0.717) is 16.5 Å². The van der Waals surface area contributed by atoms with Crippen LogP contribution in [0.5, 0.6) is 11.5 Å². The molecule has 3 aromatic carbocycles. The Kier molecular flexibility index (Phi) is 6.73. The van der Waals surface area contributed by atoms with Gasteiger partial charge in [0.25, 0.3) is 0 Å². The monoisotopic (exact) mass is 463 g/mol. The van der Waals surface area contributed by atoms with Crippen LogP contribution in [-0.2, 0) is 0 Å². The van der Waals surface area contributed by atoms with Crippen molar-refractivity contribution in [1.82, 2.24) is 4.57 Å². The summed E-state index contributed by atoms with van der Waals surface area (Å²) in [6.07, 6.45) is 0. The maximum Gasteiger partial charge on any atom is 0.215 e. The van der Waals surface area contributed by atoms with E-state index in [2.05, 4.69) is 20.1 Å². The molecule has 4 rings (SSSR count). The van der Waals surface area contributed by atoms with Crippen molar-refractivity contribution in [2.75, 3.05) is 14.2 Å². The van der Waals surface area contributed by atoms with Crippen LogP contribution < -0.4 is 14.3 Å². The summed E-state index contributed by atoms with van der Waals surface area (Å²) in [6.45, 7) is 1.93. The van der Waals surface area contributed by atoms with Crippen molar-refractivity contribution in [3.05, 3.63) is 93.6 Å². The SMILES string of the molecule is COc1ccc(-c2cs/c(=N\N=C(/C)c3ccc(Cl)cc3)n2-c2ccccc2)cc1OC. The standard InChI is InChI=1S/C25H22ClN3O2S/c1-17(18-9-12-20(26)13-10-18)27-28-25-29(21-7-5-4-6-8-21)22(16-32-25)19-11-14-23(30-2)24(15-19)31-3/h4-16H,1-3H3/b27-17+,28-25-. The van der Waals surface area contributed by atoms with Crippen LogP contribution >= 0.6 is 22.9 Å². The zero-order valence-corrected chi connectivity index (χ0v) is 19.5. The van der Waals surface area contributed by atoms with Gasteiger partial charge in [-0.05, 0) is 55.0 Å². The summed E-state index contributed by atoms with van der Waals surface area (Å²) in [7, 11) is 3.26. The Balaban J connectivity index is 1.84. The van der Waals surface area contributed by atoms with Gasteiger partial charge in [-0.2, -0.15) is 5.10 Å². The zero-order valence-electron chi connectivity index (χ0n) is 17.9. The number of para-hydroxylation sites is 1. The van der Waals surface area contributed by atoms with Crippen LogP contribution in [0.4, 0.5) is 0 Å². The van der Waals surface area contributed by atoms with E-state index >= 15 is 0 Å². The number of ether oxygens (including phenoxy) is 2. The van der Waals surface area contributed by atoms with Gasteiger partial charge >= 0.3 is 0 Å². The second kappa shape index (κ2) is 9.85. The smallest absolute Gasteiger partial charge is 0.215 e. The van der Waals surface area contributed by atoms with E-state index in [4.69, 9.17) is 21.1 Å². The predicted octanol–water partition coefficient (Wildman–Crippen LogP) is 6.20. The lowest BCUT2D eigenvalue weighted by atomic mass is 10.1. The fourth-order valence-electron chi connectivity index (χ4n) is 3.27. The van der Waals surface area contributed by atoms with Gasteiger partial charge in [0.2, 0.25) is 4.80 Å². The van der Waals surface area contributed by atoms with Gasteiger partial charge in [-0.3, -0.25) is 4.57 Å². The van der Waals surface area contributed by atoms with Crippen LogP contribution in [0.25, 0.3) is 16.9 Å². The maximum absolute atomic E-state index is 6.00. The van der Waals surface area contributed by atoms with E-state index < -0.39 is 0 Å². The number of halogens is 1. The third-order valence-electron chi connectivity index (χ3n) is 4.95. The van der Waals surface area contributed by atoms with Crippen LogP contribution in [-0.4, -0.2) is 24.5 Å². The van der Waals surface area contributed by atoms with Crippen molar-refractivity contribution in [2.45, 2.75) is 6.92 Å². The summed E-state index contributed by atoms with van der Waals surface area (Å²) in [5.41, 5.74) is 4.75. The van der Waals surface area contributed by atoms with Crippen molar-refractivity contribution in [3.63, 3.8) is 0 Å². The summed E-state index contributed by atoms with van der Waals surface area (Å²) >= 11 is 7.52. The minimum Gasteiger partial charge on any atom is -0.493 e. The van der Waals surface area contributed by atoms with Crippen LogP contribution in [0.2, 0.25) is 5.02 Å². The number of hydrogen-bond acceptors (Lipinski definition) is 5. The fraction of sp³-hybridized carbons (Fsp3) is 0.120. The highest BCUT2D eigenvalue weighted by molar-refractivity contribution is 7.07. The lowest BCUT2D eigenvalue weighted by molar-refractivity contribution is 0.355. The van der Waals surface area contributed by atoms with Gasteiger partial charge in [-0.1, -0.05) is 41.9 Å². The first-order valence-corrected chi connectivity index (χ1v) is 11.2. The number of aromatic nitrogens is 1. The van der Waals surface area contributed by atoms with E-state index in [9.17, 15) is 0 Å². The van der Waals surface area contributed by atoms with E-state index in [1.165, 1.54) is 11.3 Å². The van der Waals surface area contributed by atoms with Gasteiger partial charge in [-0.25, -0.2) is 0 Å². The molecular formula is C25H22ClN3O2S. The number of rotatable bonds is 6. The number of methoxy groups -OCH3 is 2. The van der Waals surface area contributed by atoms with Gasteiger partial charge in [-0.15, -0.1) is 16.4 Å². The summed E-state index contributed by atoms with van der Waals surface area (Å²) in [5, 5.41) is 11.8. The van der Waals surface area contributed by atoms with Gasteiger partial charge in [0.1, 0.15) is 0 Å². The third kappa shape index (κ3) is 4.61. The molecular weight excluding hydrogens is 442 g/mol. The highest BCUT2D eigenvalue weighted by Gasteiger charge is 2.13. The van der Waals surface area contributed by atoms with Gasteiger partial charge in [0.15, 0.2) is 11.5 Å². The zero-order chi connectivity index (χ0) is 22.5. The minimum atomic E-state index is 0.672. The third-order valence-corrected chi connectivity index (χ3v) is 6.02. The Morgan fingerprint density at radius 1 is 0.906 bits per heavy atom. The average molecular weight is 464 g/mol. The molecule has 1 heterocycles. The maximum atomic E-state index is 6.00. The Morgan fingerprint density at radius 3 is 2.31 bits per heavy atom. The van der Waals surface area contributed by atoms with E-state index in [-0.39, 0.29) is 0 Å². The van der Waals surface area contributed by atoms with Crippen molar-refractivity contribution >= 4 is 28.6 Å². The lowest BCUT2D eigenvalue weighted by Crippen LogP contribution is -2.13. The molecule has 0 aliphatic carbocycles. The largest absolute Gasteiger partial charge is 0.493 e. The average Bonchev–Trinajstić information content (AvgIpc) is 3.27. The summed E-state index contributed by atoms with van der Waals surface area (Å²) in [4.78, 5) is 0.759. The normalized spacial score (nSPS) is 12.1. The molecule has 0 saturated heterocycles. The van der Waals surface area contributed by atoms with E-state index in [0.717, 1.165) is 33.0 Å². The van der Waals surface area contributed by atoms with Crippen molar-refractivity contribution in [3.8, 4) is 28.4 Å². The topological polar surface area (TPSA) is 48.1 Å². The Hall–Kier alpha value is -3.35. The first-order chi connectivity index (χ1) is 15.6. The molecule has 0 saturated carbocycles. The molecule has 0 aliphatic rings. The number of hydrogen-bond donors (Lipinski definition) is 0. The highest BCUT2D eigenvalue weighted by atomic mass is 35.5. The van der Waals surface area contributed by atoms with Crippen LogP contribution in [0.15, 0.2) is 88.4 Å². The first-order valence-electron chi connectivity index (χ1n) is 9.93. The van der Waals surface area contributed by atoms with Crippen molar-refractivity contribution in [1.29, 1.82) is 0 Å². The molecule has 0 atom stereocenters. The highest BCUT2D eigenvalue weighted by Crippen LogP contribution is 2.33. The Bertz CT molecular complexity index is 1310. The molecule has 0 unspecified atom stereocenters. The lowest BCUT2D eigenvalue weighted by Gasteiger charge is -2.12. The quantitative estimate of drug-likeness (QED) is 0.252. The molecule has 0 aliphatic heterocycles. The first kappa shape index (κ1) is 21.9. The summed E-state index contributed by atoms with van der Waals surface area (Å²) in [5.74, 6) is 1.36. The molecule has 162 valence electrons. The molecule has 7 heteroatoms. The van der Waals surface area contributed by atoms with Crippen LogP contribution in [0.1, 0.15) is 12.5 Å². The van der Waals surface area contributed by atoms with Crippen molar-refractivity contribution < 1.29 is 9.47 Å². The van der Waals surface area contributed by atoms with E-state index in [1.807, 2.05) is 79.7 Å². The molecule has 32 heavy (non-hydrogen) atoms. The number of benzene rings is 3. The number of nitrogens with zero attached hydrogens (tertiary/aromatic N) is 3. The molecule has 0 fully saturated rings. The second-order valence-corrected chi connectivity index (χ2v) is 8.21. The Morgan fingerprint density at radius 2 is 1.62 bits per heavy atom. The minimum absolute atomic E-state index is 0.672. The Labute approximate surface area is 195 Å². The predicted molar refractivity (Wildman–Crippen MR) is 131 cm³/mol. The van der Waals surface area contributed by atoms with Crippen molar-refractivity contribution in [2.24, 2.45) is 10.2 Å². The molecule has 4 aromatic rings. The fourth-order valence-corrected chi connectivity index (χ4v) is 4.25. The van der Waals surface area contributed by atoms with E-state index in [1.54, 1.807) is 14.2 Å².